The Bertz CT molecular complexity index is 1110. The van der Waals surface area contributed by atoms with E-state index < -0.39 is 43.4 Å². The maximum absolute atomic E-state index is 13.8. The van der Waals surface area contributed by atoms with E-state index in [0.717, 1.165) is 12.1 Å². The van der Waals surface area contributed by atoms with Crippen molar-refractivity contribution in [3.63, 3.8) is 0 Å². The first-order chi connectivity index (χ1) is 13.4. The molecule has 0 unspecified atom stereocenters. The fourth-order valence-corrected chi connectivity index (χ4v) is 4.17. The van der Waals surface area contributed by atoms with Gasteiger partial charge in [-0.15, -0.1) is 0 Å². The monoisotopic (exact) mass is 433 g/mol. The molecule has 0 aliphatic carbocycles. The number of carbonyl (C=O) groups is 1. The van der Waals surface area contributed by atoms with Crippen LogP contribution >= 0.6 is 11.6 Å². The molecule has 0 aromatic heterocycles. The Morgan fingerprint density at radius 2 is 1.79 bits per heavy atom. The second kappa shape index (κ2) is 7.14. The van der Waals surface area contributed by atoms with E-state index in [1.807, 2.05) is 0 Å². The molecule has 2 aromatic rings. The molecular formula is C17H16B3ClFNO5S. The summed E-state index contributed by atoms with van der Waals surface area (Å²) >= 11 is 5.87. The van der Waals surface area contributed by atoms with E-state index in [0.29, 0.717) is 5.56 Å². The van der Waals surface area contributed by atoms with Crippen molar-refractivity contribution in [3.05, 3.63) is 82.1 Å². The van der Waals surface area contributed by atoms with Crippen LogP contribution in [0.1, 0.15) is 11.1 Å². The molecule has 1 aliphatic heterocycles. The average molecular weight is 433 g/mol. The van der Waals surface area contributed by atoms with E-state index in [-0.39, 0.29) is 10.6 Å². The molecule has 1 heterocycles. The second-order valence-corrected chi connectivity index (χ2v) is 9.76. The van der Waals surface area contributed by atoms with Crippen LogP contribution in [0.25, 0.3) is 0 Å². The van der Waals surface area contributed by atoms with Gasteiger partial charge in [0, 0.05) is 5.02 Å². The highest BCUT2D eigenvalue weighted by Crippen LogP contribution is 2.38. The van der Waals surface area contributed by atoms with Crippen molar-refractivity contribution in [3.8, 4) is 0 Å². The van der Waals surface area contributed by atoms with Gasteiger partial charge in [0.15, 0.2) is 13.3 Å². The number of ether oxygens (including phenoxy) is 1. The third kappa shape index (κ3) is 3.64. The Morgan fingerprint density at radius 1 is 1.17 bits per heavy atom. The van der Waals surface area contributed by atoms with Gasteiger partial charge in [0.1, 0.15) is 21.5 Å². The summed E-state index contributed by atoms with van der Waals surface area (Å²) < 4.78 is 48.8. The number of carbonyl (C=O) groups excluding carboxylic acids is 1. The van der Waals surface area contributed by atoms with Crippen LogP contribution in [-0.4, -0.2) is 37.7 Å². The number of ketones is 1. The molecule has 0 saturated carbocycles. The SMILES string of the molecule is BC(B)(c1ccccc1)S(=O)(=O)OC1=C(N)O[C@@](B)(c2cc(F)cc(Cl)c2)C1=O. The first-order valence-electron chi connectivity index (χ1n) is 8.58. The Kier molecular flexibility index (Phi) is 5.25. The molecule has 1 aliphatic rings. The van der Waals surface area contributed by atoms with Gasteiger partial charge in [-0.3, -0.25) is 4.79 Å². The highest BCUT2D eigenvalue weighted by atomic mass is 35.5. The van der Waals surface area contributed by atoms with Crippen LogP contribution in [0.2, 0.25) is 5.02 Å². The third-order valence-electron chi connectivity index (χ3n) is 4.88. The molecule has 12 heteroatoms. The molecule has 0 saturated heterocycles. The lowest BCUT2D eigenvalue weighted by atomic mass is 9.65. The lowest BCUT2D eigenvalue weighted by Gasteiger charge is -2.26. The molecule has 2 aromatic carbocycles. The topological polar surface area (TPSA) is 95.7 Å². The second-order valence-electron chi connectivity index (χ2n) is 7.23. The van der Waals surface area contributed by atoms with Crippen LogP contribution < -0.4 is 5.73 Å². The molecule has 3 rings (SSSR count). The van der Waals surface area contributed by atoms with Crippen molar-refractivity contribution in [2.24, 2.45) is 5.73 Å². The molecule has 0 radical (unpaired) electrons. The average Bonchev–Trinajstić information content (AvgIpc) is 2.85. The minimum Gasteiger partial charge on any atom is -0.467 e. The number of benzene rings is 2. The first kappa shape index (κ1) is 21.3. The summed E-state index contributed by atoms with van der Waals surface area (Å²) in [5, 5.41) is 0.0448. The van der Waals surface area contributed by atoms with Crippen LogP contribution in [0.3, 0.4) is 0 Å². The molecule has 0 spiro atoms. The van der Waals surface area contributed by atoms with E-state index in [2.05, 4.69) is 0 Å². The smallest absolute Gasteiger partial charge is 0.304 e. The van der Waals surface area contributed by atoms with E-state index in [1.54, 1.807) is 30.3 Å². The van der Waals surface area contributed by atoms with Crippen molar-refractivity contribution in [1.82, 2.24) is 0 Å². The largest absolute Gasteiger partial charge is 0.467 e. The summed E-state index contributed by atoms with van der Waals surface area (Å²) in [5.74, 6) is -2.71. The Balaban J connectivity index is 1.96. The normalized spacial score (nSPS) is 19.9. The molecule has 0 fully saturated rings. The number of hydrogen-bond acceptors (Lipinski definition) is 6. The molecule has 2 N–H and O–H groups in total. The predicted octanol–water partition coefficient (Wildman–Crippen LogP) is -0.585. The van der Waals surface area contributed by atoms with Gasteiger partial charge in [0.2, 0.25) is 17.4 Å². The van der Waals surface area contributed by atoms with E-state index in [1.165, 1.54) is 29.6 Å². The van der Waals surface area contributed by atoms with Gasteiger partial charge in [0.25, 0.3) is 0 Å². The van der Waals surface area contributed by atoms with Crippen LogP contribution in [0.15, 0.2) is 60.2 Å². The van der Waals surface area contributed by atoms with Crippen molar-refractivity contribution in [1.29, 1.82) is 0 Å². The zero-order chi connectivity index (χ0) is 21.6. The number of nitrogens with two attached hydrogens (primary N) is 1. The molecule has 6 nitrogen and oxygen atoms in total. The summed E-state index contributed by atoms with van der Waals surface area (Å²) in [6.45, 7) is 0. The van der Waals surface area contributed by atoms with Crippen molar-refractivity contribution in [2.45, 2.75) is 10.0 Å². The Morgan fingerprint density at radius 3 is 2.38 bits per heavy atom. The summed E-state index contributed by atoms with van der Waals surface area (Å²) in [4.78, 5) is 13.0. The summed E-state index contributed by atoms with van der Waals surface area (Å²) in [7, 11) is -0.128. The number of Topliss-reactive ketones (excluding diaryl/α,β-unsaturated/α-hetero) is 1. The standard InChI is InChI=1S/C17H16B3ClFNO5S/c18-16(10-6-11(21)8-12(22)7-10)14(24)13(15(23)27-16)28-29(25,26)17(19,20)9-4-2-1-3-5-9/h1-8H,18-20,23H2/t16-/m0/s1. The predicted molar refractivity (Wildman–Crippen MR) is 114 cm³/mol. The molecule has 29 heavy (non-hydrogen) atoms. The van der Waals surface area contributed by atoms with Crippen LogP contribution in [0.5, 0.6) is 0 Å². The van der Waals surface area contributed by atoms with Crippen molar-refractivity contribution < 1.29 is 26.5 Å². The van der Waals surface area contributed by atoms with Gasteiger partial charge >= 0.3 is 10.1 Å². The zero-order valence-electron chi connectivity index (χ0n) is 15.9. The van der Waals surface area contributed by atoms with Crippen LogP contribution in [0.4, 0.5) is 4.39 Å². The molecule has 0 amide bonds. The minimum absolute atomic E-state index is 0.0448. The molecule has 1 atom stereocenters. The maximum atomic E-state index is 13.8. The van der Waals surface area contributed by atoms with Gasteiger partial charge in [-0.2, -0.15) is 8.42 Å². The zero-order valence-corrected chi connectivity index (χ0v) is 17.5. The lowest BCUT2D eigenvalue weighted by molar-refractivity contribution is -0.126. The number of rotatable bonds is 5. The van der Waals surface area contributed by atoms with E-state index >= 15 is 0 Å². The third-order valence-corrected chi connectivity index (χ3v) is 6.97. The summed E-state index contributed by atoms with van der Waals surface area (Å²) in [5.41, 5.74) is 4.53. The summed E-state index contributed by atoms with van der Waals surface area (Å²) in [6, 6.07) is 11.8. The first-order valence-corrected chi connectivity index (χ1v) is 10.4. The summed E-state index contributed by atoms with van der Waals surface area (Å²) in [6.07, 6.45) is 0. The number of hydrogen-bond donors (Lipinski definition) is 1. The van der Waals surface area contributed by atoms with Crippen molar-refractivity contribution in [2.75, 3.05) is 0 Å². The Labute approximate surface area is 175 Å². The fourth-order valence-electron chi connectivity index (χ4n) is 2.94. The Hall–Kier alpha value is -2.39. The van der Waals surface area contributed by atoms with E-state index in [4.69, 9.17) is 26.3 Å². The molecular weight excluding hydrogens is 417 g/mol. The van der Waals surface area contributed by atoms with Crippen LogP contribution in [-0.2, 0) is 33.9 Å². The van der Waals surface area contributed by atoms with Gasteiger partial charge in [-0.25, -0.2) is 4.39 Å². The van der Waals surface area contributed by atoms with Gasteiger partial charge < -0.3 is 14.7 Å². The molecule has 0 bridgehead atoms. The molecule has 148 valence electrons. The van der Waals surface area contributed by atoms with Crippen molar-refractivity contribution >= 4 is 51.0 Å². The lowest BCUT2D eigenvalue weighted by Crippen LogP contribution is -2.40. The highest BCUT2D eigenvalue weighted by molar-refractivity contribution is 7.90. The fraction of sp³-hybridized carbons (Fsp3) is 0.118. The highest BCUT2D eigenvalue weighted by Gasteiger charge is 2.51. The quantitative estimate of drug-likeness (QED) is 0.501. The van der Waals surface area contributed by atoms with Crippen LogP contribution in [0, 0.1) is 5.82 Å². The van der Waals surface area contributed by atoms with Gasteiger partial charge in [-0.1, -0.05) is 41.9 Å². The van der Waals surface area contributed by atoms with Gasteiger partial charge in [-0.05, 0) is 29.3 Å². The van der Waals surface area contributed by atoms with E-state index in [9.17, 15) is 17.6 Å². The number of halogens is 2. The maximum Gasteiger partial charge on any atom is 0.304 e. The van der Waals surface area contributed by atoms with Gasteiger partial charge in [0.05, 0.1) is 4.55 Å². The minimum atomic E-state index is -4.35.